The van der Waals surface area contributed by atoms with E-state index in [1.54, 1.807) is 41.3 Å². The van der Waals surface area contributed by atoms with Crippen molar-refractivity contribution in [3.05, 3.63) is 65.2 Å². The van der Waals surface area contributed by atoms with E-state index in [4.69, 9.17) is 10.5 Å². The third-order valence-corrected chi connectivity index (χ3v) is 5.59. The fourth-order valence-corrected chi connectivity index (χ4v) is 3.81. The van der Waals surface area contributed by atoms with Crippen molar-refractivity contribution in [3.8, 4) is 0 Å². The molecule has 1 unspecified atom stereocenters. The largest absolute Gasteiger partial charge is 0.399 e. The average Bonchev–Trinajstić information content (AvgIpc) is 3.07. The summed E-state index contributed by atoms with van der Waals surface area (Å²) in [6.45, 7) is 1.06. The number of nitrogens with zero attached hydrogens (tertiary/aromatic N) is 2. The van der Waals surface area contributed by atoms with Crippen LogP contribution in [0.3, 0.4) is 0 Å². The Morgan fingerprint density at radius 2 is 1.67 bits per heavy atom. The zero-order valence-electron chi connectivity index (χ0n) is 18.0. The van der Waals surface area contributed by atoms with Crippen LogP contribution in [0.2, 0.25) is 0 Å². The van der Waals surface area contributed by atoms with Gasteiger partial charge < -0.3 is 26.0 Å². The third-order valence-electron chi connectivity index (χ3n) is 5.59. The minimum Gasteiger partial charge on any atom is -0.399 e. The van der Waals surface area contributed by atoms with E-state index in [0.29, 0.717) is 29.9 Å². The molecule has 0 bridgehead atoms. The highest BCUT2D eigenvalue weighted by atomic mass is 16.5. The number of ether oxygens (including phenoxy) is 1. The summed E-state index contributed by atoms with van der Waals surface area (Å²) in [5, 5.41) is 5.23. The van der Waals surface area contributed by atoms with Gasteiger partial charge in [0.25, 0.3) is 11.8 Å². The number of nitrogen functional groups attached to an aromatic ring is 1. The Labute approximate surface area is 190 Å². The number of rotatable bonds is 6. The van der Waals surface area contributed by atoms with E-state index in [-0.39, 0.29) is 44.0 Å². The van der Waals surface area contributed by atoms with Crippen LogP contribution in [0.5, 0.6) is 0 Å². The number of imide groups is 1. The van der Waals surface area contributed by atoms with Gasteiger partial charge in [0, 0.05) is 25.3 Å². The lowest BCUT2D eigenvalue weighted by molar-refractivity contribution is -0.137. The van der Waals surface area contributed by atoms with Crippen molar-refractivity contribution in [3.63, 3.8) is 0 Å². The van der Waals surface area contributed by atoms with E-state index < -0.39 is 12.1 Å². The molecule has 0 radical (unpaired) electrons. The summed E-state index contributed by atoms with van der Waals surface area (Å²) < 4.78 is 5.69. The summed E-state index contributed by atoms with van der Waals surface area (Å²) >= 11 is 0. The standard InChI is InChI=1S/C23H25N5O5/c24-16-7-5-15(6-8-16)11-25-23(32)26-12-20(29)27-9-10-33-17(13-27)14-28-21(30)18-3-1-2-4-19(18)22(28)31/h1-8,17H,9-14,24H2,(H2,25,26,32). The molecule has 5 amide bonds. The molecule has 4 N–H and O–H groups in total. The van der Waals surface area contributed by atoms with Gasteiger partial charge in [-0.25, -0.2) is 4.79 Å². The molecule has 10 heteroatoms. The Kier molecular flexibility index (Phi) is 6.55. The van der Waals surface area contributed by atoms with Crippen molar-refractivity contribution in [2.45, 2.75) is 12.6 Å². The van der Waals surface area contributed by atoms with Gasteiger partial charge in [-0.05, 0) is 29.8 Å². The molecule has 2 aromatic carbocycles. The summed E-state index contributed by atoms with van der Waals surface area (Å²) in [5.41, 5.74) is 7.91. The number of fused-ring (bicyclic) bond motifs is 1. The van der Waals surface area contributed by atoms with Crippen molar-refractivity contribution in [2.24, 2.45) is 0 Å². The first-order valence-corrected chi connectivity index (χ1v) is 10.6. The summed E-state index contributed by atoms with van der Waals surface area (Å²) in [5.74, 6) is -0.988. The first kappa shape index (κ1) is 22.3. The first-order chi connectivity index (χ1) is 15.9. The number of urea groups is 1. The molecule has 1 saturated heterocycles. The zero-order chi connectivity index (χ0) is 23.4. The van der Waals surface area contributed by atoms with Crippen LogP contribution < -0.4 is 16.4 Å². The number of morpholine rings is 1. The smallest absolute Gasteiger partial charge is 0.315 e. The zero-order valence-corrected chi connectivity index (χ0v) is 18.0. The molecule has 10 nitrogen and oxygen atoms in total. The number of nitrogens with two attached hydrogens (primary N) is 1. The Bertz CT molecular complexity index is 1040. The molecule has 2 aromatic rings. The number of amides is 5. The Hall–Kier alpha value is -3.92. The first-order valence-electron chi connectivity index (χ1n) is 10.6. The quantitative estimate of drug-likeness (QED) is 0.435. The highest BCUT2D eigenvalue weighted by Crippen LogP contribution is 2.23. The van der Waals surface area contributed by atoms with Crippen molar-refractivity contribution in [1.29, 1.82) is 0 Å². The van der Waals surface area contributed by atoms with Crippen molar-refractivity contribution >= 4 is 29.4 Å². The molecule has 0 saturated carbocycles. The molecule has 2 heterocycles. The van der Waals surface area contributed by atoms with E-state index >= 15 is 0 Å². The van der Waals surface area contributed by atoms with Gasteiger partial charge in [0.1, 0.15) is 0 Å². The molecule has 172 valence electrons. The van der Waals surface area contributed by atoms with Gasteiger partial charge in [-0.1, -0.05) is 24.3 Å². The summed E-state index contributed by atoms with van der Waals surface area (Å²) in [7, 11) is 0. The van der Waals surface area contributed by atoms with Crippen LogP contribution in [0.25, 0.3) is 0 Å². The van der Waals surface area contributed by atoms with Gasteiger partial charge in [-0.15, -0.1) is 0 Å². The fourth-order valence-electron chi connectivity index (χ4n) is 3.81. The summed E-state index contributed by atoms with van der Waals surface area (Å²) in [4.78, 5) is 52.4. The Morgan fingerprint density at radius 1 is 1.00 bits per heavy atom. The van der Waals surface area contributed by atoms with Crippen LogP contribution >= 0.6 is 0 Å². The van der Waals surface area contributed by atoms with E-state index in [9.17, 15) is 19.2 Å². The van der Waals surface area contributed by atoms with Gasteiger partial charge in [-0.2, -0.15) is 0 Å². The van der Waals surface area contributed by atoms with Gasteiger partial charge in [0.2, 0.25) is 5.91 Å². The topological polar surface area (TPSA) is 134 Å². The normalized spacial score (nSPS) is 17.6. The molecule has 0 spiro atoms. The van der Waals surface area contributed by atoms with Crippen LogP contribution in [0.4, 0.5) is 10.5 Å². The molecule has 1 fully saturated rings. The van der Waals surface area contributed by atoms with Crippen LogP contribution in [-0.2, 0) is 16.1 Å². The van der Waals surface area contributed by atoms with Crippen molar-refractivity contribution < 1.29 is 23.9 Å². The van der Waals surface area contributed by atoms with Crippen LogP contribution in [-0.4, -0.2) is 72.4 Å². The van der Waals surface area contributed by atoms with Crippen molar-refractivity contribution in [1.82, 2.24) is 20.4 Å². The van der Waals surface area contributed by atoms with Gasteiger partial charge >= 0.3 is 6.03 Å². The lowest BCUT2D eigenvalue weighted by Gasteiger charge is -2.34. The Balaban J connectivity index is 1.24. The summed E-state index contributed by atoms with van der Waals surface area (Å²) in [6.07, 6.45) is -0.496. The second-order valence-corrected chi connectivity index (χ2v) is 7.88. The highest BCUT2D eigenvalue weighted by molar-refractivity contribution is 6.21. The minimum atomic E-state index is -0.496. The lowest BCUT2D eigenvalue weighted by Crippen LogP contribution is -2.53. The highest BCUT2D eigenvalue weighted by Gasteiger charge is 2.37. The monoisotopic (exact) mass is 451 g/mol. The number of carbonyl (C=O) groups is 4. The molecular formula is C23H25N5O5. The van der Waals surface area contributed by atoms with Gasteiger partial charge in [-0.3, -0.25) is 19.3 Å². The van der Waals surface area contributed by atoms with E-state index in [2.05, 4.69) is 10.6 Å². The molecular weight excluding hydrogens is 426 g/mol. The molecule has 2 aliphatic rings. The van der Waals surface area contributed by atoms with Crippen LogP contribution in [0, 0.1) is 0 Å². The maximum atomic E-state index is 12.6. The number of nitrogens with one attached hydrogen (secondary N) is 2. The minimum absolute atomic E-state index is 0.0611. The number of benzene rings is 2. The predicted molar refractivity (Wildman–Crippen MR) is 119 cm³/mol. The predicted octanol–water partition coefficient (Wildman–Crippen LogP) is 0.592. The molecule has 0 aliphatic carbocycles. The number of hydrogen-bond acceptors (Lipinski definition) is 6. The summed E-state index contributed by atoms with van der Waals surface area (Å²) in [6, 6.07) is 13.3. The maximum absolute atomic E-state index is 12.6. The molecule has 4 rings (SSSR count). The van der Waals surface area contributed by atoms with Crippen LogP contribution in [0.15, 0.2) is 48.5 Å². The van der Waals surface area contributed by atoms with Gasteiger partial charge in [0.15, 0.2) is 0 Å². The average molecular weight is 451 g/mol. The molecule has 0 aromatic heterocycles. The third kappa shape index (κ3) is 5.12. The van der Waals surface area contributed by atoms with E-state index in [1.807, 2.05) is 12.1 Å². The molecule has 33 heavy (non-hydrogen) atoms. The number of hydrogen-bond donors (Lipinski definition) is 3. The molecule has 2 aliphatic heterocycles. The molecule has 1 atom stereocenters. The number of anilines is 1. The van der Waals surface area contributed by atoms with E-state index in [1.165, 1.54) is 0 Å². The number of carbonyl (C=O) groups excluding carboxylic acids is 4. The second kappa shape index (κ2) is 9.70. The Morgan fingerprint density at radius 3 is 2.33 bits per heavy atom. The second-order valence-electron chi connectivity index (χ2n) is 7.88. The van der Waals surface area contributed by atoms with E-state index in [0.717, 1.165) is 10.5 Å². The van der Waals surface area contributed by atoms with Crippen LogP contribution in [0.1, 0.15) is 26.3 Å². The fraction of sp³-hybridized carbons (Fsp3) is 0.304. The van der Waals surface area contributed by atoms with Gasteiger partial charge in [0.05, 0.1) is 36.9 Å². The van der Waals surface area contributed by atoms with Crippen molar-refractivity contribution in [2.75, 3.05) is 38.5 Å². The SMILES string of the molecule is Nc1ccc(CNC(=O)NCC(=O)N2CCOC(CN3C(=O)c4ccccc4C3=O)C2)cc1. The lowest BCUT2D eigenvalue weighted by atomic mass is 10.1. The maximum Gasteiger partial charge on any atom is 0.315 e.